The van der Waals surface area contributed by atoms with E-state index in [1.54, 1.807) is 26.4 Å². The lowest BCUT2D eigenvalue weighted by atomic mass is 9.97. The number of carboxylic acids is 1. The van der Waals surface area contributed by atoms with Crippen molar-refractivity contribution in [3.05, 3.63) is 64.3 Å². The first-order valence-corrected chi connectivity index (χ1v) is 11.1. The molecule has 34 heavy (non-hydrogen) atoms. The Balaban J connectivity index is 1.78. The molecule has 0 bridgehead atoms. The van der Waals surface area contributed by atoms with Gasteiger partial charge in [-0.1, -0.05) is 29.8 Å². The number of para-hydroxylation sites is 1. The molecule has 8 nitrogen and oxygen atoms in total. The van der Waals surface area contributed by atoms with E-state index in [9.17, 15) is 9.59 Å². The SMILES string of the molecule is COc1ccc(C2=NN(C(=O)CCC(=O)O)[C@@H](c3cc4cccc(C)c4nc3Cl)C2)c(OC)c1. The second kappa shape index (κ2) is 9.69. The van der Waals surface area contributed by atoms with Crippen LogP contribution in [0.3, 0.4) is 0 Å². The molecule has 1 atom stereocenters. The lowest BCUT2D eigenvalue weighted by Crippen LogP contribution is -2.27. The summed E-state index contributed by atoms with van der Waals surface area (Å²) in [6.07, 6.45) is -0.109. The van der Waals surface area contributed by atoms with Crippen molar-refractivity contribution < 1.29 is 24.2 Å². The van der Waals surface area contributed by atoms with E-state index in [1.807, 2.05) is 37.3 Å². The Kier molecular flexibility index (Phi) is 6.70. The maximum Gasteiger partial charge on any atom is 0.303 e. The van der Waals surface area contributed by atoms with E-state index in [1.165, 1.54) is 5.01 Å². The second-order valence-electron chi connectivity index (χ2n) is 7.98. The number of rotatable bonds is 7. The maximum atomic E-state index is 13.0. The maximum absolute atomic E-state index is 13.0. The summed E-state index contributed by atoms with van der Waals surface area (Å²) in [4.78, 5) is 28.7. The number of amides is 1. The van der Waals surface area contributed by atoms with Crippen molar-refractivity contribution in [1.82, 2.24) is 9.99 Å². The number of carbonyl (C=O) groups is 2. The molecule has 0 saturated heterocycles. The Morgan fingerprint density at radius 3 is 2.65 bits per heavy atom. The summed E-state index contributed by atoms with van der Waals surface area (Å²) in [5, 5.41) is 16.2. The predicted molar refractivity (Wildman–Crippen MR) is 129 cm³/mol. The standard InChI is InChI=1S/C25H24ClN3O5/c1-14-5-4-6-15-11-18(25(26)27-24(14)15)20-13-19(28-29(20)22(30)9-10-23(31)32)17-8-7-16(33-2)12-21(17)34-3/h4-8,11-12,20H,9-10,13H2,1-3H3,(H,31,32)/t20-/m1/s1. The fourth-order valence-electron chi connectivity index (χ4n) is 4.08. The average molecular weight is 482 g/mol. The quantitative estimate of drug-likeness (QED) is 0.488. The molecule has 0 spiro atoms. The zero-order valence-corrected chi connectivity index (χ0v) is 19.8. The number of fused-ring (bicyclic) bond motifs is 1. The molecule has 0 aliphatic carbocycles. The number of aliphatic carboxylic acids is 1. The van der Waals surface area contributed by atoms with Gasteiger partial charge in [-0.2, -0.15) is 5.10 Å². The summed E-state index contributed by atoms with van der Waals surface area (Å²) in [7, 11) is 3.12. The molecule has 1 N–H and O–H groups in total. The van der Waals surface area contributed by atoms with Crippen LogP contribution in [0.2, 0.25) is 5.15 Å². The van der Waals surface area contributed by atoms with Gasteiger partial charge in [-0.3, -0.25) is 9.59 Å². The molecule has 0 radical (unpaired) electrons. The Labute approximate surface area is 201 Å². The molecular formula is C25H24ClN3O5. The number of carbonyl (C=O) groups excluding carboxylic acids is 1. The van der Waals surface area contributed by atoms with Crippen molar-refractivity contribution in [2.75, 3.05) is 14.2 Å². The van der Waals surface area contributed by atoms with E-state index in [0.29, 0.717) is 34.8 Å². The van der Waals surface area contributed by atoms with Gasteiger partial charge >= 0.3 is 5.97 Å². The molecule has 1 amide bonds. The van der Waals surface area contributed by atoms with Gasteiger partial charge in [-0.25, -0.2) is 9.99 Å². The van der Waals surface area contributed by atoms with Crippen molar-refractivity contribution in [1.29, 1.82) is 0 Å². The first-order chi connectivity index (χ1) is 16.3. The van der Waals surface area contributed by atoms with Crippen molar-refractivity contribution >= 4 is 40.1 Å². The number of aromatic nitrogens is 1. The molecule has 4 rings (SSSR count). The van der Waals surface area contributed by atoms with Gasteiger partial charge in [-0.05, 0) is 30.7 Å². The van der Waals surface area contributed by atoms with Gasteiger partial charge in [0.2, 0.25) is 5.91 Å². The molecule has 0 fully saturated rings. The predicted octanol–water partition coefficient (Wildman–Crippen LogP) is 4.76. The highest BCUT2D eigenvalue weighted by molar-refractivity contribution is 6.30. The molecule has 9 heteroatoms. The molecule has 3 aromatic rings. The lowest BCUT2D eigenvalue weighted by Gasteiger charge is -2.23. The van der Waals surface area contributed by atoms with E-state index in [4.69, 9.17) is 26.2 Å². The Bertz CT molecular complexity index is 1310. The fourth-order valence-corrected chi connectivity index (χ4v) is 4.35. The lowest BCUT2D eigenvalue weighted by molar-refractivity contribution is -0.141. The smallest absolute Gasteiger partial charge is 0.303 e. The second-order valence-corrected chi connectivity index (χ2v) is 8.34. The van der Waals surface area contributed by atoms with Crippen LogP contribution >= 0.6 is 11.6 Å². The van der Waals surface area contributed by atoms with Crippen LogP contribution in [0.1, 0.15) is 42.0 Å². The minimum Gasteiger partial charge on any atom is -0.497 e. The van der Waals surface area contributed by atoms with Crippen molar-refractivity contribution in [2.45, 2.75) is 32.2 Å². The van der Waals surface area contributed by atoms with Gasteiger partial charge in [0.25, 0.3) is 0 Å². The third kappa shape index (κ3) is 4.54. The van der Waals surface area contributed by atoms with E-state index in [0.717, 1.165) is 16.5 Å². The number of methoxy groups -OCH3 is 2. The van der Waals surface area contributed by atoms with Crippen LogP contribution in [-0.4, -0.2) is 46.9 Å². The van der Waals surface area contributed by atoms with Crippen LogP contribution in [0, 0.1) is 6.92 Å². The third-order valence-electron chi connectivity index (χ3n) is 5.83. The first-order valence-electron chi connectivity index (χ1n) is 10.7. The highest BCUT2D eigenvalue weighted by atomic mass is 35.5. The van der Waals surface area contributed by atoms with Crippen LogP contribution in [0.5, 0.6) is 11.5 Å². The van der Waals surface area contributed by atoms with Crippen LogP contribution in [0.25, 0.3) is 10.9 Å². The molecule has 2 heterocycles. The zero-order chi connectivity index (χ0) is 24.4. The summed E-state index contributed by atoms with van der Waals surface area (Å²) >= 11 is 6.61. The highest BCUT2D eigenvalue weighted by Gasteiger charge is 2.35. The van der Waals surface area contributed by atoms with E-state index < -0.39 is 17.9 Å². The van der Waals surface area contributed by atoms with Gasteiger partial charge in [0, 0.05) is 35.4 Å². The van der Waals surface area contributed by atoms with E-state index >= 15 is 0 Å². The largest absolute Gasteiger partial charge is 0.497 e. The Morgan fingerprint density at radius 2 is 1.94 bits per heavy atom. The topological polar surface area (TPSA) is 101 Å². The zero-order valence-electron chi connectivity index (χ0n) is 19.0. The van der Waals surface area contributed by atoms with Gasteiger partial charge in [0.1, 0.15) is 16.7 Å². The monoisotopic (exact) mass is 481 g/mol. The molecule has 0 saturated carbocycles. The number of aryl methyl sites for hydroxylation is 1. The Hall–Kier alpha value is -3.65. The summed E-state index contributed by atoms with van der Waals surface area (Å²) in [6.45, 7) is 1.96. The van der Waals surface area contributed by atoms with Crippen LogP contribution in [-0.2, 0) is 9.59 Å². The van der Waals surface area contributed by atoms with Crippen LogP contribution in [0.4, 0.5) is 0 Å². The minimum atomic E-state index is -1.05. The van der Waals surface area contributed by atoms with Gasteiger partial charge in [0.05, 0.1) is 37.9 Å². The molecule has 1 aromatic heterocycles. The number of nitrogens with zero attached hydrogens (tertiary/aromatic N) is 3. The number of carboxylic acid groups (broad SMARTS) is 1. The molecule has 2 aromatic carbocycles. The molecule has 176 valence electrons. The van der Waals surface area contributed by atoms with Crippen LogP contribution in [0.15, 0.2) is 47.6 Å². The number of pyridine rings is 1. The molecular weight excluding hydrogens is 458 g/mol. The van der Waals surface area contributed by atoms with Crippen molar-refractivity contribution in [3.8, 4) is 11.5 Å². The normalized spacial score (nSPS) is 15.4. The van der Waals surface area contributed by atoms with E-state index in [2.05, 4.69) is 10.1 Å². The number of hydrogen-bond donors (Lipinski definition) is 1. The van der Waals surface area contributed by atoms with Gasteiger partial charge in [-0.15, -0.1) is 0 Å². The number of hydrazone groups is 1. The number of hydrogen-bond acceptors (Lipinski definition) is 6. The fraction of sp³-hybridized carbons (Fsp3) is 0.280. The number of benzene rings is 2. The van der Waals surface area contributed by atoms with Crippen LogP contribution < -0.4 is 9.47 Å². The summed E-state index contributed by atoms with van der Waals surface area (Å²) < 4.78 is 10.8. The first kappa shape index (κ1) is 23.5. The van der Waals surface area contributed by atoms with Crippen molar-refractivity contribution in [2.24, 2.45) is 5.10 Å². The molecule has 0 unspecified atom stereocenters. The van der Waals surface area contributed by atoms with Gasteiger partial charge < -0.3 is 14.6 Å². The number of halogens is 1. The van der Waals surface area contributed by atoms with Gasteiger partial charge in [0.15, 0.2) is 0 Å². The number of ether oxygens (including phenoxy) is 2. The molecule has 1 aliphatic rings. The van der Waals surface area contributed by atoms with Crippen molar-refractivity contribution in [3.63, 3.8) is 0 Å². The summed E-state index contributed by atoms with van der Waals surface area (Å²) in [5.41, 5.74) is 3.76. The Morgan fingerprint density at radius 1 is 1.15 bits per heavy atom. The summed E-state index contributed by atoms with van der Waals surface area (Å²) in [5.74, 6) is -0.279. The van der Waals surface area contributed by atoms with E-state index in [-0.39, 0.29) is 18.0 Å². The summed E-state index contributed by atoms with van der Waals surface area (Å²) in [6, 6.07) is 12.6. The minimum absolute atomic E-state index is 0.180. The molecule has 1 aliphatic heterocycles. The highest BCUT2D eigenvalue weighted by Crippen LogP contribution is 2.39. The average Bonchev–Trinajstić information content (AvgIpc) is 3.27. The third-order valence-corrected chi connectivity index (χ3v) is 6.13.